The van der Waals surface area contributed by atoms with E-state index in [9.17, 15) is 4.79 Å². The summed E-state index contributed by atoms with van der Waals surface area (Å²) in [4.78, 5) is 21.1. The van der Waals surface area contributed by atoms with Crippen LogP contribution in [0.5, 0.6) is 0 Å². The quantitative estimate of drug-likeness (QED) is 0.704. The molecular weight excluding hydrogens is 374 g/mol. The molecule has 2 heterocycles. The summed E-state index contributed by atoms with van der Waals surface area (Å²) in [5.41, 5.74) is 8.11. The first-order valence-corrected chi connectivity index (χ1v) is 9.81. The topological polar surface area (TPSA) is 85.8 Å². The monoisotopic (exact) mass is 395 g/mol. The van der Waals surface area contributed by atoms with Gasteiger partial charge in [0.05, 0.1) is 16.9 Å². The van der Waals surface area contributed by atoms with Crippen molar-refractivity contribution in [2.45, 2.75) is 37.8 Å². The standard InChI is InChI=1S/C21H22ClN5O/c22-18-13-24-21(25-16-9-7-15(23)8-10-16)26-20(18)14-4-3-5-17(12-14)27-11-2-1-6-19(27)28/h1-6,11-13,15-16H,7-10,23H2,(H,24,25,26)/t15-,16-. The Morgan fingerprint density at radius 1 is 1.11 bits per heavy atom. The molecule has 0 bridgehead atoms. The number of aromatic nitrogens is 3. The number of nitrogens with one attached hydrogen (secondary N) is 1. The second-order valence-corrected chi connectivity index (χ2v) is 7.51. The van der Waals surface area contributed by atoms with Crippen LogP contribution in [0.25, 0.3) is 16.9 Å². The molecule has 2 aromatic heterocycles. The van der Waals surface area contributed by atoms with Crippen LogP contribution in [0, 0.1) is 0 Å². The van der Waals surface area contributed by atoms with E-state index in [1.54, 1.807) is 23.0 Å². The zero-order valence-corrected chi connectivity index (χ0v) is 16.1. The molecule has 1 saturated carbocycles. The summed E-state index contributed by atoms with van der Waals surface area (Å²) < 4.78 is 1.59. The minimum Gasteiger partial charge on any atom is -0.351 e. The van der Waals surface area contributed by atoms with Crippen molar-refractivity contribution in [3.63, 3.8) is 0 Å². The smallest absolute Gasteiger partial charge is 0.255 e. The van der Waals surface area contributed by atoms with Gasteiger partial charge in [-0.15, -0.1) is 0 Å². The molecule has 1 fully saturated rings. The van der Waals surface area contributed by atoms with Crippen molar-refractivity contribution in [3.8, 4) is 16.9 Å². The predicted molar refractivity (Wildman–Crippen MR) is 112 cm³/mol. The average molecular weight is 396 g/mol. The molecule has 144 valence electrons. The highest BCUT2D eigenvalue weighted by Gasteiger charge is 2.19. The molecule has 0 atom stereocenters. The Hall–Kier alpha value is -2.70. The first-order chi connectivity index (χ1) is 13.6. The third kappa shape index (κ3) is 4.08. The van der Waals surface area contributed by atoms with Crippen LogP contribution >= 0.6 is 11.6 Å². The average Bonchev–Trinajstić information content (AvgIpc) is 2.71. The molecule has 1 aromatic carbocycles. The maximum atomic E-state index is 12.1. The van der Waals surface area contributed by atoms with Crippen LogP contribution in [0.2, 0.25) is 5.02 Å². The van der Waals surface area contributed by atoms with Crippen LogP contribution < -0.4 is 16.6 Å². The Labute approximate surface area is 168 Å². The number of halogens is 1. The van der Waals surface area contributed by atoms with E-state index in [1.165, 1.54) is 6.07 Å². The molecule has 0 aliphatic heterocycles. The fraction of sp³-hybridized carbons (Fsp3) is 0.286. The molecule has 0 unspecified atom stereocenters. The minimum absolute atomic E-state index is 0.0914. The maximum absolute atomic E-state index is 12.1. The Morgan fingerprint density at radius 2 is 1.93 bits per heavy atom. The second kappa shape index (κ2) is 8.12. The number of pyridine rings is 1. The summed E-state index contributed by atoms with van der Waals surface area (Å²) in [5, 5.41) is 3.87. The molecule has 1 aliphatic carbocycles. The van der Waals surface area contributed by atoms with Crippen molar-refractivity contribution >= 4 is 17.5 Å². The lowest BCUT2D eigenvalue weighted by atomic mass is 9.92. The largest absolute Gasteiger partial charge is 0.351 e. The van der Waals surface area contributed by atoms with Crippen LogP contribution in [-0.4, -0.2) is 26.6 Å². The van der Waals surface area contributed by atoms with Gasteiger partial charge >= 0.3 is 0 Å². The van der Waals surface area contributed by atoms with Crippen molar-refractivity contribution in [1.29, 1.82) is 0 Å². The van der Waals surface area contributed by atoms with Gasteiger partial charge < -0.3 is 11.1 Å². The van der Waals surface area contributed by atoms with E-state index in [0.29, 0.717) is 28.7 Å². The number of nitrogens with zero attached hydrogens (tertiary/aromatic N) is 3. The van der Waals surface area contributed by atoms with Crippen LogP contribution in [0.4, 0.5) is 5.95 Å². The van der Waals surface area contributed by atoms with Gasteiger partial charge in [0.25, 0.3) is 5.56 Å². The van der Waals surface area contributed by atoms with Gasteiger partial charge in [-0.3, -0.25) is 9.36 Å². The number of benzene rings is 1. The number of hydrogen-bond acceptors (Lipinski definition) is 5. The number of nitrogens with two attached hydrogens (primary N) is 1. The van der Waals surface area contributed by atoms with Gasteiger partial charge in [-0.05, 0) is 43.9 Å². The maximum Gasteiger partial charge on any atom is 0.255 e. The molecule has 1 aliphatic rings. The fourth-order valence-electron chi connectivity index (χ4n) is 3.53. The van der Waals surface area contributed by atoms with E-state index in [2.05, 4.69) is 15.3 Å². The van der Waals surface area contributed by atoms with Gasteiger partial charge in [0.1, 0.15) is 0 Å². The summed E-state index contributed by atoms with van der Waals surface area (Å²) in [6, 6.07) is 13.3. The lowest BCUT2D eigenvalue weighted by Gasteiger charge is -2.26. The van der Waals surface area contributed by atoms with Gasteiger partial charge in [0.15, 0.2) is 0 Å². The van der Waals surface area contributed by atoms with Crippen molar-refractivity contribution in [2.24, 2.45) is 5.73 Å². The van der Waals surface area contributed by atoms with Crippen molar-refractivity contribution in [1.82, 2.24) is 14.5 Å². The third-order valence-corrected chi connectivity index (χ3v) is 5.35. The SMILES string of the molecule is N[C@H]1CC[C@H](Nc2ncc(Cl)c(-c3cccc(-n4ccccc4=O)c3)n2)CC1. The van der Waals surface area contributed by atoms with Crippen molar-refractivity contribution in [2.75, 3.05) is 5.32 Å². The zero-order valence-electron chi connectivity index (χ0n) is 15.4. The number of anilines is 1. The third-order valence-electron chi connectivity index (χ3n) is 5.07. The summed E-state index contributed by atoms with van der Waals surface area (Å²) in [6.07, 6.45) is 7.38. The van der Waals surface area contributed by atoms with E-state index in [1.807, 2.05) is 30.3 Å². The summed E-state index contributed by atoms with van der Waals surface area (Å²) >= 11 is 6.38. The van der Waals surface area contributed by atoms with E-state index >= 15 is 0 Å². The van der Waals surface area contributed by atoms with Crippen LogP contribution in [0.1, 0.15) is 25.7 Å². The summed E-state index contributed by atoms with van der Waals surface area (Å²) in [5.74, 6) is 0.558. The molecule has 0 amide bonds. The highest BCUT2D eigenvalue weighted by molar-refractivity contribution is 6.32. The van der Waals surface area contributed by atoms with Gasteiger partial charge in [-0.25, -0.2) is 9.97 Å². The van der Waals surface area contributed by atoms with Gasteiger partial charge in [0.2, 0.25) is 5.95 Å². The summed E-state index contributed by atoms with van der Waals surface area (Å²) in [6.45, 7) is 0. The van der Waals surface area contributed by atoms with Gasteiger partial charge in [-0.2, -0.15) is 0 Å². The van der Waals surface area contributed by atoms with E-state index in [0.717, 1.165) is 36.9 Å². The van der Waals surface area contributed by atoms with E-state index in [4.69, 9.17) is 17.3 Å². The molecular formula is C21H22ClN5O. The second-order valence-electron chi connectivity index (χ2n) is 7.11. The predicted octanol–water partition coefficient (Wildman–Crippen LogP) is 3.63. The minimum atomic E-state index is -0.0914. The fourth-order valence-corrected chi connectivity index (χ4v) is 3.73. The molecule has 0 spiro atoms. The van der Waals surface area contributed by atoms with Crippen molar-refractivity contribution in [3.05, 3.63) is 70.2 Å². The van der Waals surface area contributed by atoms with Gasteiger partial charge in [0, 0.05) is 35.6 Å². The van der Waals surface area contributed by atoms with Crippen molar-refractivity contribution < 1.29 is 0 Å². The number of rotatable bonds is 4. The zero-order chi connectivity index (χ0) is 19.5. The molecule has 7 heteroatoms. The molecule has 0 radical (unpaired) electrons. The van der Waals surface area contributed by atoms with Crippen LogP contribution in [0.3, 0.4) is 0 Å². The molecule has 3 aromatic rings. The Morgan fingerprint density at radius 3 is 2.71 bits per heavy atom. The molecule has 3 N–H and O–H groups in total. The molecule has 6 nitrogen and oxygen atoms in total. The highest BCUT2D eigenvalue weighted by Crippen LogP contribution is 2.28. The summed E-state index contributed by atoms with van der Waals surface area (Å²) in [7, 11) is 0. The highest BCUT2D eigenvalue weighted by atomic mass is 35.5. The Bertz CT molecular complexity index is 1030. The first kappa shape index (κ1) is 18.7. The van der Waals surface area contributed by atoms with Gasteiger partial charge in [-0.1, -0.05) is 29.8 Å². The lowest BCUT2D eigenvalue weighted by Crippen LogP contribution is -2.33. The van der Waals surface area contributed by atoms with E-state index < -0.39 is 0 Å². The normalized spacial score (nSPS) is 19.4. The Kier molecular flexibility index (Phi) is 5.41. The van der Waals surface area contributed by atoms with Crippen LogP contribution in [0.15, 0.2) is 59.7 Å². The number of hydrogen-bond donors (Lipinski definition) is 2. The van der Waals surface area contributed by atoms with E-state index in [-0.39, 0.29) is 5.56 Å². The molecule has 28 heavy (non-hydrogen) atoms. The molecule has 0 saturated heterocycles. The molecule has 4 rings (SSSR count). The first-order valence-electron chi connectivity index (χ1n) is 9.43. The van der Waals surface area contributed by atoms with Crippen LogP contribution in [-0.2, 0) is 0 Å². The lowest BCUT2D eigenvalue weighted by molar-refractivity contribution is 0.410. The Balaban J connectivity index is 1.63.